The Morgan fingerprint density at radius 3 is 2.48 bits per heavy atom. The second kappa shape index (κ2) is 7.77. The van der Waals surface area contributed by atoms with E-state index < -0.39 is 0 Å². The van der Waals surface area contributed by atoms with Crippen LogP contribution in [0.1, 0.15) is 25.0 Å². The minimum Gasteiger partial charge on any atom is -0.374 e. The molecule has 0 aliphatic heterocycles. The lowest BCUT2D eigenvalue weighted by Crippen LogP contribution is -2.38. The fourth-order valence-corrected chi connectivity index (χ4v) is 2.47. The Morgan fingerprint density at radius 2 is 1.87 bits per heavy atom. The number of carbonyl (C=O) groups excluding carboxylic acids is 1. The molecule has 0 fully saturated rings. The van der Waals surface area contributed by atoms with Crippen LogP contribution in [0.15, 0.2) is 48.5 Å². The standard InChI is InChI=1S/C19H23FN2O/c1-4-15-8-10-18(11-9-15)21-14(2)19(23)22(3)13-16-6-5-7-17(20)12-16/h5-12,14,21H,4,13H2,1-3H3. The molecule has 0 saturated carbocycles. The molecule has 3 nitrogen and oxygen atoms in total. The summed E-state index contributed by atoms with van der Waals surface area (Å²) in [6.45, 7) is 4.32. The molecule has 0 saturated heterocycles. The molecule has 0 aromatic heterocycles. The maximum atomic E-state index is 13.2. The van der Waals surface area contributed by atoms with E-state index >= 15 is 0 Å². The lowest BCUT2D eigenvalue weighted by Gasteiger charge is -2.23. The summed E-state index contributed by atoms with van der Waals surface area (Å²) in [6, 6.07) is 14.0. The summed E-state index contributed by atoms with van der Waals surface area (Å²) in [5, 5.41) is 3.21. The van der Waals surface area contributed by atoms with Crippen molar-refractivity contribution in [2.45, 2.75) is 32.9 Å². The van der Waals surface area contributed by atoms with Crippen LogP contribution >= 0.6 is 0 Å². The summed E-state index contributed by atoms with van der Waals surface area (Å²) in [6.07, 6.45) is 0.991. The van der Waals surface area contributed by atoms with E-state index in [1.165, 1.54) is 17.7 Å². The zero-order valence-corrected chi connectivity index (χ0v) is 13.8. The first-order chi connectivity index (χ1) is 11.0. The van der Waals surface area contributed by atoms with Gasteiger partial charge in [-0.2, -0.15) is 0 Å². The maximum Gasteiger partial charge on any atom is 0.244 e. The molecule has 1 N–H and O–H groups in total. The molecule has 2 aromatic carbocycles. The fraction of sp³-hybridized carbons (Fsp3) is 0.316. The number of nitrogens with one attached hydrogen (secondary N) is 1. The Balaban J connectivity index is 1.95. The molecule has 0 aliphatic rings. The first-order valence-corrected chi connectivity index (χ1v) is 7.84. The average Bonchev–Trinajstić information content (AvgIpc) is 2.54. The van der Waals surface area contributed by atoms with Crippen LogP contribution in [-0.4, -0.2) is 23.9 Å². The van der Waals surface area contributed by atoms with Gasteiger partial charge in [0.2, 0.25) is 5.91 Å². The SMILES string of the molecule is CCc1ccc(NC(C)C(=O)N(C)Cc2cccc(F)c2)cc1. The van der Waals surface area contributed by atoms with Gasteiger partial charge in [-0.25, -0.2) is 4.39 Å². The smallest absolute Gasteiger partial charge is 0.244 e. The van der Waals surface area contributed by atoms with Crippen molar-refractivity contribution < 1.29 is 9.18 Å². The number of rotatable bonds is 6. The van der Waals surface area contributed by atoms with Crippen molar-refractivity contribution in [1.82, 2.24) is 4.90 Å². The van der Waals surface area contributed by atoms with Crippen molar-refractivity contribution in [1.29, 1.82) is 0 Å². The second-order valence-electron chi connectivity index (χ2n) is 5.74. The third-order valence-electron chi connectivity index (χ3n) is 3.80. The van der Waals surface area contributed by atoms with Crippen LogP contribution in [0.25, 0.3) is 0 Å². The van der Waals surface area contributed by atoms with Crippen LogP contribution in [0.5, 0.6) is 0 Å². The number of hydrogen-bond acceptors (Lipinski definition) is 2. The van der Waals surface area contributed by atoms with Gasteiger partial charge in [-0.3, -0.25) is 4.79 Å². The molecule has 2 aromatic rings. The highest BCUT2D eigenvalue weighted by atomic mass is 19.1. The van der Waals surface area contributed by atoms with E-state index in [0.717, 1.165) is 17.7 Å². The molecular formula is C19H23FN2O. The van der Waals surface area contributed by atoms with Gasteiger partial charge in [0, 0.05) is 19.3 Å². The van der Waals surface area contributed by atoms with E-state index in [0.29, 0.717) is 6.54 Å². The lowest BCUT2D eigenvalue weighted by molar-refractivity contribution is -0.130. The van der Waals surface area contributed by atoms with Gasteiger partial charge in [-0.05, 0) is 48.7 Å². The number of anilines is 1. The first kappa shape index (κ1) is 17.0. The quantitative estimate of drug-likeness (QED) is 0.878. The molecule has 0 spiro atoms. The number of hydrogen-bond donors (Lipinski definition) is 1. The maximum absolute atomic E-state index is 13.2. The van der Waals surface area contributed by atoms with Gasteiger partial charge in [0.1, 0.15) is 11.9 Å². The van der Waals surface area contributed by atoms with Gasteiger partial charge in [0.05, 0.1) is 0 Å². The second-order valence-corrected chi connectivity index (χ2v) is 5.74. The fourth-order valence-electron chi connectivity index (χ4n) is 2.47. The van der Waals surface area contributed by atoms with E-state index in [1.807, 2.05) is 25.1 Å². The Bertz CT molecular complexity index is 655. The summed E-state index contributed by atoms with van der Waals surface area (Å²) in [4.78, 5) is 14.0. The summed E-state index contributed by atoms with van der Waals surface area (Å²) in [5.41, 5.74) is 2.96. The number of likely N-dealkylation sites (N-methyl/N-ethyl adjacent to an activating group) is 1. The molecule has 4 heteroatoms. The normalized spacial score (nSPS) is 11.8. The van der Waals surface area contributed by atoms with Crippen LogP contribution < -0.4 is 5.32 Å². The first-order valence-electron chi connectivity index (χ1n) is 7.84. The minimum absolute atomic E-state index is 0.0335. The summed E-state index contributed by atoms with van der Waals surface area (Å²) < 4.78 is 13.2. The topological polar surface area (TPSA) is 32.3 Å². The predicted molar refractivity (Wildman–Crippen MR) is 91.8 cm³/mol. The molecule has 0 aliphatic carbocycles. The highest BCUT2D eigenvalue weighted by molar-refractivity contribution is 5.84. The highest BCUT2D eigenvalue weighted by Gasteiger charge is 2.17. The van der Waals surface area contributed by atoms with Crippen LogP contribution in [-0.2, 0) is 17.8 Å². The van der Waals surface area contributed by atoms with Crippen molar-refractivity contribution in [3.8, 4) is 0 Å². The number of amides is 1. The number of halogens is 1. The summed E-state index contributed by atoms with van der Waals surface area (Å²) in [7, 11) is 1.73. The van der Waals surface area contributed by atoms with Gasteiger partial charge >= 0.3 is 0 Å². The van der Waals surface area contributed by atoms with Gasteiger partial charge < -0.3 is 10.2 Å². The number of benzene rings is 2. The largest absolute Gasteiger partial charge is 0.374 e. The Morgan fingerprint density at radius 1 is 1.17 bits per heavy atom. The Hall–Kier alpha value is -2.36. The molecule has 122 valence electrons. The van der Waals surface area contributed by atoms with E-state index in [1.54, 1.807) is 18.0 Å². The number of carbonyl (C=O) groups is 1. The molecule has 1 amide bonds. The average molecular weight is 314 g/mol. The van der Waals surface area contributed by atoms with E-state index in [4.69, 9.17) is 0 Å². The molecular weight excluding hydrogens is 291 g/mol. The molecule has 23 heavy (non-hydrogen) atoms. The molecule has 1 unspecified atom stereocenters. The number of aryl methyl sites for hydroxylation is 1. The van der Waals surface area contributed by atoms with Gasteiger partial charge in [-0.15, -0.1) is 0 Å². The van der Waals surface area contributed by atoms with Crippen molar-refractivity contribution in [2.75, 3.05) is 12.4 Å². The van der Waals surface area contributed by atoms with Gasteiger partial charge in [0.25, 0.3) is 0 Å². The zero-order valence-electron chi connectivity index (χ0n) is 13.8. The van der Waals surface area contributed by atoms with E-state index in [9.17, 15) is 9.18 Å². The van der Waals surface area contributed by atoms with Crippen molar-refractivity contribution in [3.63, 3.8) is 0 Å². The van der Waals surface area contributed by atoms with Crippen LogP contribution in [0.3, 0.4) is 0 Å². The van der Waals surface area contributed by atoms with Crippen molar-refractivity contribution >= 4 is 11.6 Å². The molecule has 0 heterocycles. The van der Waals surface area contributed by atoms with Crippen molar-refractivity contribution in [2.24, 2.45) is 0 Å². The summed E-state index contributed by atoms with van der Waals surface area (Å²) in [5.74, 6) is -0.320. The molecule has 2 rings (SSSR count). The zero-order chi connectivity index (χ0) is 16.8. The van der Waals surface area contributed by atoms with Crippen LogP contribution in [0, 0.1) is 5.82 Å². The highest BCUT2D eigenvalue weighted by Crippen LogP contribution is 2.13. The molecule has 0 radical (unpaired) electrons. The van der Waals surface area contributed by atoms with Crippen molar-refractivity contribution in [3.05, 3.63) is 65.5 Å². The minimum atomic E-state index is -0.346. The predicted octanol–water partition coefficient (Wildman–Crippen LogP) is 3.85. The lowest BCUT2D eigenvalue weighted by atomic mass is 10.1. The molecule has 1 atom stereocenters. The number of nitrogens with zero attached hydrogens (tertiary/aromatic N) is 1. The third kappa shape index (κ3) is 4.81. The Labute approximate surface area is 137 Å². The molecule has 0 bridgehead atoms. The van der Waals surface area contributed by atoms with Gasteiger partial charge in [0.15, 0.2) is 0 Å². The van der Waals surface area contributed by atoms with Crippen LogP contribution in [0.2, 0.25) is 0 Å². The Kier molecular flexibility index (Phi) is 5.74. The summed E-state index contributed by atoms with van der Waals surface area (Å²) >= 11 is 0. The monoisotopic (exact) mass is 314 g/mol. The van der Waals surface area contributed by atoms with Crippen LogP contribution in [0.4, 0.5) is 10.1 Å². The third-order valence-corrected chi connectivity index (χ3v) is 3.80. The van der Waals surface area contributed by atoms with E-state index in [2.05, 4.69) is 24.4 Å². The van der Waals surface area contributed by atoms with Gasteiger partial charge in [-0.1, -0.05) is 31.2 Å². The van der Waals surface area contributed by atoms with E-state index in [-0.39, 0.29) is 17.8 Å².